The van der Waals surface area contributed by atoms with Gasteiger partial charge in [0.1, 0.15) is 0 Å². The minimum Gasteiger partial charge on any atom is -0.381 e. The third-order valence-corrected chi connectivity index (χ3v) is 3.55. The molecule has 0 aromatic heterocycles. The summed E-state index contributed by atoms with van der Waals surface area (Å²) in [5.41, 5.74) is 0. The monoisotopic (exact) mass is 275 g/mol. The molecule has 0 aliphatic rings. The molecular weight excluding hydrogens is 246 g/mol. The lowest BCUT2D eigenvalue weighted by atomic mass is 10.4. The zero-order valence-electron chi connectivity index (χ0n) is 12.3. The smallest absolute Gasteiger partial charge is 0.191 e. The normalized spacial score (nSPS) is 13.4. The van der Waals surface area contributed by atoms with E-state index >= 15 is 0 Å². The van der Waals surface area contributed by atoms with Crippen molar-refractivity contribution in [3.05, 3.63) is 0 Å². The number of rotatable bonds is 10. The summed E-state index contributed by atoms with van der Waals surface area (Å²) in [5.74, 6) is 0.879. The van der Waals surface area contributed by atoms with Crippen LogP contribution in [0.3, 0.4) is 0 Å². The van der Waals surface area contributed by atoms with E-state index in [1.807, 2.05) is 11.8 Å². The summed E-state index contributed by atoms with van der Waals surface area (Å²) in [7, 11) is 1.80. The lowest BCUT2D eigenvalue weighted by Gasteiger charge is -2.14. The van der Waals surface area contributed by atoms with E-state index in [0.29, 0.717) is 5.25 Å². The highest BCUT2D eigenvalue weighted by atomic mass is 32.2. The van der Waals surface area contributed by atoms with Gasteiger partial charge in [0.25, 0.3) is 0 Å². The van der Waals surface area contributed by atoms with Gasteiger partial charge in [-0.05, 0) is 19.1 Å². The molecule has 4 nitrogen and oxygen atoms in total. The maximum absolute atomic E-state index is 5.50. The van der Waals surface area contributed by atoms with Crippen molar-refractivity contribution in [2.24, 2.45) is 4.99 Å². The van der Waals surface area contributed by atoms with Crippen molar-refractivity contribution in [2.75, 3.05) is 39.6 Å². The van der Waals surface area contributed by atoms with Crippen molar-refractivity contribution < 1.29 is 4.74 Å². The number of guanidine groups is 1. The van der Waals surface area contributed by atoms with Gasteiger partial charge in [-0.1, -0.05) is 20.3 Å². The Morgan fingerprint density at radius 2 is 2.00 bits per heavy atom. The largest absolute Gasteiger partial charge is 0.381 e. The minimum absolute atomic E-state index is 0.598. The lowest BCUT2D eigenvalue weighted by molar-refractivity contribution is 0.129. The number of nitrogens with zero attached hydrogens (tertiary/aromatic N) is 1. The SMILES string of the molecule is CCCCOCCCNC(=NC)NCC(C)SC. The number of ether oxygens (including phenoxy) is 1. The average Bonchev–Trinajstić information content (AvgIpc) is 2.40. The Labute approximate surface area is 116 Å². The predicted octanol–water partition coefficient (Wildman–Crippen LogP) is 2.11. The van der Waals surface area contributed by atoms with Crippen LogP contribution in [0.25, 0.3) is 0 Å². The second kappa shape index (κ2) is 13.0. The van der Waals surface area contributed by atoms with Crippen LogP contribution >= 0.6 is 11.8 Å². The number of aliphatic imine (C=N–C) groups is 1. The number of nitrogens with one attached hydrogen (secondary N) is 2. The summed E-state index contributed by atoms with van der Waals surface area (Å²) in [4.78, 5) is 4.19. The molecule has 0 saturated carbocycles. The second-order valence-corrected chi connectivity index (χ2v) is 5.52. The molecule has 18 heavy (non-hydrogen) atoms. The molecule has 0 heterocycles. The summed E-state index contributed by atoms with van der Waals surface area (Å²) in [5, 5.41) is 7.20. The maximum atomic E-state index is 5.50. The fourth-order valence-corrected chi connectivity index (χ4v) is 1.52. The highest BCUT2D eigenvalue weighted by Crippen LogP contribution is 2.02. The third-order valence-electron chi connectivity index (χ3n) is 2.58. The van der Waals surface area contributed by atoms with Gasteiger partial charge in [0.2, 0.25) is 0 Å². The van der Waals surface area contributed by atoms with Gasteiger partial charge in [0.05, 0.1) is 0 Å². The van der Waals surface area contributed by atoms with Crippen LogP contribution in [0.1, 0.15) is 33.1 Å². The highest BCUT2D eigenvalue weighted by Gasteiger charge is 2.01. The minimum atomic E-state index is 0.598. The van der Waals surface area contributed by atoms with Crippen molar-refractivity contribution in [3.63, 3.8) is 0 Å². The Balaban J connectivity index is 3.45. The van der Waals surface area contributed by atoms with Gasteiger partial charge >= 0.3 is 0 Å². The molecule has 0 bridgehead atoms. The van der Waals surface area contributed by atoms with Crippen molar-refractivity contribution in [3.8, 4) is 0 Å². The van der Waals surface area contributed by atoms with E-state index in [0.717, 1.165) is 45.1 Å². The van der Waals surface area contributed by atoms with Crippen LogP contribution in [-0.2, 0) is 4.74 Å². The Kier molecular flexibility index (Phi) is 12.7. The molecule has 5 heteroatoms. The quantitative estimate of drug-likeness (QED) is 0.364. The Hall–Kier alpha value is -0.420. The average molecular weight is 275 g/mol. The van der Waals surface area contributed by atoms with E-state index < -0.39 is 0 Å². The van der Waals surface area contributed by atoms with E-state index in [9.17, 15) is 0 Å². The lowest BCUT2D eigenvalue weighted by Crippen LogP contribution is -2.40. The maximum Gasteiger partial charge on any atom is 0.191 e. The molecule has 0 fully saturated rings. The van der Waals surface area contributed by atoms with Crippen LogP contribution in [-0.4, -0.2) is 50.8 Å². The number of hydrogen-bond donors (Lipinski definition) is 2. The molecule has 0 saturated heterocycles. The molecule has 108 valence electrons. The number of hydrogen-bond acceptors (Lipinski definition) is 3. The van der Waals surface area contributed by atoms with Crippen LogP contribution in [0.4, 0.5) is 0 Å². The van der Waals surface area contributed by atoms with Crippen LogP contribution in [0, 0.1) is 0 Å². The first-order valence-electron chi connectivity index (χ1n) is 6.79. The zero-order valence-corrected chi connectivity index (χ0v) is 13.1. The molecule has 0 amide bonds. The van der Waals surface area contributed by atoms with Crippen LogP contribution in [0.2, 0.25) is 0 Å². The van der Waals surface area contributed by atoms with Crippen LogP contribution < -0.4 is 10.6 Å². The van der Waals surface area contributed by atoms with Crippen molar-refractivity contribution in [1.82, 2.24) is 10.6 Å². The number of unbranched alkanes of at least 4 members (excludes halogenated alkanes) is 1. The summed E-state index contributed by atoms with van der Waals surface area (Å²) in [6.07, 6.45) is 5.49. The molecule has 1 atom stereocenters. The van der Waals surface area contributed by atoms with E-state index in [1.165, 1.54) is 6.42 Å². The van der Waals surface area contributed by atoms with E-state index in [1.54, 1.807) is 7.05 Å². The summed E-state index contributed by atoms with van der Waals surface area (Å²) in [6, 6.07) is 0. The van der Waals surface area contributed by atoms with Gasteiger partial charge in [-0.3, -0.25) is 4.99 Å². The van der Waals surface area contributed by atoms with Crippen LogP contribution in [0.5, 0.6) is 0 Å². The predicted molar refractivity (Wildman–Crippen MR) is 82.7 cm³/mol. The van der Waals surface area contributed by atoms with Gasteiger partial charge in [-0.15, -0.1) is 0 Å². The summed E-state index contributed by atoms with van der Waals surface area (Å²) < 4.78 is 5.50. The van der Waals surface area contributed by atoms with Gasteiger partial charge in [-0.2, -0.15) is 11.8 Å². The molecule has 0 aliphatic heterocycles. The molecule has 2 N–H and O–H groups in total. The number of thioether (sulfide) groups is 1. The van der Waals surface area contributed by atoms with Crippen LogP contribution in [0.15, 0.2) is 4.99 Å². The van der Waals surface area contributed by atoms with E-state index in [4.69, 9.17) is 4.74 Å². The highest BCUT2D eigenvalue weighted by molar-refractivity contribution is 7.99. The molecule has 0 spiro atoms. The molecular formula is C13H29N3OS. The van der Waals surface area contributed by atoms with E-state index in [2.05, 4.69) is 35.7 Å². The molecule has 0 aromatic rings. The zero-order chi connectivity index (χ0) is 13.6. The van der Waals surface area contributed by atoms with Crippen molar-refractivity contribution in [1.29, 1.82) is 0 Å². The van der Waals surface area contributed by atoms with Gasteiger partial charge < -0.3 is 15.4 Å². The summed E-state index contributed by atoms with van der Waals surface area (Å²) >= 11 is 1.85. The van der Waals surface area contributed by atoms with Crippen molar-refractivity contribution in [2.45, 2.75) is 38.4 Å². The molecule has 0 rings (SSSR count). The first-order valence-corrected chi connectivity index (χ1v) is 8.08. The fraction of sp³-hybridized carbons (Fsp3) is 0.923. The molecule has 0 aliphatic carbocycles. The van der Waals surface area contributed by atoms with E-state index in [-0.39, 0.29) is 0 Å². The standard InChI is InChI=1S/C13H29N3OS/c1-5-6-9-17-10-7-8-15-13(14-3)16-11-12(2)18-4/h12H,5-11H2,1-4H3,(H2,14,15,16). The Morgan fingerprint density at radius 1 is 1.28 bits per heavy atom. The first kappa shape index (κ1) is 17.6. The Morgan fingerprint density at radius 3 is 2.61 bits per heavy atom. The van der Waals surface area contributed by atoms with Crippen molar-refractivity contribution >= 4 is 17.7 Å². The summed E-state index contributed by atoms with van der Waals surface area (Å²) in [6.45, 7) is 7.93. The fourth-order valence-electron chi connectivity index (χ4n) is 1.27. The topological polar surface area (TPSA) is 45.6 Å². The second-order valence-electron chi connectivity index (χ2n) is 4.25. The molecule has 0 aromatic carbocycles. The van der Waals surface area contributed by atoms with Gasteiger partial charge in [0.15, 0.2) is 5.96 Å². The molecule has 1 unspecified atom stereocenters. The molecule has 0 radical (unpaired) electrons. The third kappa shape index (κ3) is 10.7. The van der Waals surface area contributed by atoms with Gasteiger partial charge in [-0.25, -0.2) is 0 Å². The Bertz CT molecular complexity index is 212. The van der Waals surface area contributed by atoms with Gasteiger partial charge in [0, 0.05) is 38.6 Å². The first-order chi connectivity index (χ1) is 8.74.